The maximum absolute atomic E-state index is 13.4. The van der Waals surface area contributed by atoms with E-state index in [-0.39, 0.29) is 23.0 Å². The van der Waals surface area contributed by atoms with Crippen LogP contribution >= 0.6 is 0 Å². The highest BCUT2D eigenvalue weighted by molar-refractivity contribution is 7.89. The second kappa shape index (κ2) is 10.3. The lowest BCUT2D eigenvalue weighted by Gasteiger charge is -2.38. The second-order valence-electron chi connectivity index (χ2n) is 8.94. The minimum absolute atomic E-state index is 0.0723. The number of likely N-dealkylation sites (tertiary alicyclic amines) is 1. The van der Waals surface area contributed by atoms with Gasteiger partial charge in [0, 0.05) is 44.9 Å². The first kappa shape index (κ1) is 23.8. The SMILES string of the molecule is COCCN(CC1CCCN(C2Cc3ccccc3C2)C1)S(=O)(=O)c1ccc([N+](=O)[O-])cc1. The number of nitrogens with zero attached hydrogens (tertiary/aromatic N) is 3. The number of sulfonamides is 1. The number of rotatable bonds is 9. The zero-order chi connectivity index (χ0) is 23.4. The summed E-state index contributed by atoms with van der Waals surface area (Å²) in [5.41, 5.74) is 2.72. The van der Waals surface area contributed by atoms with Crippen molar-refractivity contribution >= 4 is 15.7 Å². The van der Waals surface area contributed by atoms with E-state index in [1.165, 1.54) is 39.7 Å². The molecule has 2 aromatic carbocycles. The van der Waals surface area contributed by atoms with Crippen LogP contribution in [0.1, 0.15) is 24.0 Å². The van der Waals surface area contributed by atoms with E-state index in [0.717, 1.165) is 38.8 Å². The molecule has 8 nitrogen and oxygen atoms in total. The highest BCUT2D eigenvalue weighted by atomic mass is 32.2. The Morgan fingerprint density at radius 2 is 1.79 bits per heavy atom. The van der Waals surface area contributed by atoms with Gasteiger partial charge in [-0.25, -0.2) is 8.42 Å². The number of non-ortho nitro benzene ring substituents is 1. The van der Waals surface area contributed by atoms with Crippen LogP contribution in [0.4, 0.5) is 5.69 Å². The number of ether oxygens (including phenoxy) is 1. The molecule has 4 rings (SSSR count). The van der Waals surface area contributed by atoms with Gasteiger partial charge in [-0.2, -0.15) is 4.31 Å². The maximum atomic E-state index is 13.4. The highest BCUT2D eigenvalue weighted by Gasteiger charge is 2.33. The van der Waals surface area contributed by atoms with Crippen LogP contribution in [0.3, 0.4) is 0 Å². The topological polar surface area (TPSA) is 93.0 Å². The number of piperidine rings is 1. The lowest BCUT2D eigenvalue weighted by Crippen LogP contribution is -2.47. The second-order valence-corrected chi connectivity index (χ2v) is 10.9. The Morgan fingerprint density at radius 3 is 2.39 bits per heavy atom. The van der Waals surface area contributed by atoms with Crippen LogP contribution in [-0.2, 0) is 27.6 Å². The van der Waals surface area contributed by atoms with E-state index < -0.39 is 14.9 Å². The minimum atomic E-state index is -3.78. The van der Waals surface area contributed by atoms with E-state index in [9.17, 15) is 18.5 Å². The smallest absolute Gasteiger partial charge is 0.269 e. The third-order valence-electron chi connectivity index (χ3n) is 6.79. The number of nitro benzene ring substituents is 1. The summed E-state index contributed by atoms with van der Waals surface area (Å²) in [5, 5.41) is 10.9. The van der Waals surface area contributed by atoms with Crippen LogP contribution in [0.2, 0.25) is 0 Å². The van der Waals surface area contributed by atoms with Gasteiger partial charge in [0.1, 0.15) is 0 Å². The van der Waals surface area contributed by atoms with E-state index in [1.807, 2.05) is 0 Å². The van der Waals surface area contributed by atoms with Gasteiger partial charge < -0.3 is 4.74 Å². The summed E-state index contributed by atoms with van der Waals surface area (Å²) in [7, 11) is -2.23. The summed E-state index contributed by atoms with van der Waals surface area (Å²) in [6, 6.07) is 14.2. The molecule has 0 radical (unpaired) electrons. The molecule has 9 heteroatoms. The maximum Gasteiger partial charge on any atom is 0.269 e. The predicted molar refractivity (Wildman–Crippen MR) is 126 cm³/mol. The summed E-state index contributed by atoms with van der Waals surface area (Å²) in [4.78, 5) is 13.0. The van der Waals surface area contributed by atoms with Gasteiger partial charge in [-0.1, -0.05) is 24.3 Å². The summed E-state index contributed by atoms with van der Waals surface area (Å²) >= 11 is 0. The summed E-state index contributed by atoms with van der Waals surface area (Å²) in [6.45, 7) is 2.88. The number of hydrogen-bond acceptors (Lipinski definition) is 6. The molecule has 178 valence electrons. The molecule has 1 aliphatic carbocycles. The molecule has 1 atom stereocenters. The van der Waals surface area contributed by atoms with Gasteiger partial charge in [-0.05, 0) is 61.4 Å². The Balaban J connectivity index is 1.46. The van der Waals surface area contributed by atoms with Crippen molar-refractivity contribution in [2.75, 3.05) is 39.9 Å². The van der Waals surface area contributed by atoms with E-state index in [1.54, 1.807) is 7.11 Å². The molecule has 1 saturated heterocycles. The molecule has 1 heterocycles. The average Bonchev–Trinajstić information content (AvgIpc) is 3.26. The van der Waals surface area contributed by atoms with Crippen molar-refractivity contribution in [3.63, 3.8) is 0 Å². The van der Waals surface area contributed by atoms with Gasteiger partial charge in [0.05, 0.1) is 16.4 Å². The quantitative estimate of drug-likeness (QED) is 0.410. The van der Waals surface area contributed by atoms with Crippen molar-refractivity contribution in [1.82, 2.24) is 9.21 Å². The first-order valence-corrected chi connectivity index (χ1v) is 12.9. The molecule has 2 aromatic rings. The first-order chi connectivity index (χ1) is 15.9. The van der Waals surface area contributed by atoms with Crippen molar-refractivity contribution in [3.8, 4) is 0 Å². The van der Waals surface area contributed by atoms with Crippen LogP contribution < -0.4 is 0 Å². The number of fused-ring (bicyclic) bond motifs is 1. The number of benzene rings is 2. The van der Waals surface area contributed by atoms with E-state index in [4.69, 9.17) is 4.74 Å². The van der Waals surface area contributed by atoms with Crippen LogP contribution in [0.25, 0.3) is 0 Å². The van der Waals surface area contributed by atoms with E-state index >= 15 is 0 Å². The van der Waals surface area contributed by atoms with Crippen LogP contribution in [0, 0.1) is 16.0 Å². The van der Waals surface area contributed by atoms with Crippen molar-refractivity contribution in [3.05, 3.63) is 69.8 Å². The fourth-order valence-corrected chi connectivity index (χ4v) is 6.55. The molecule has 0 spiro atoms. The molecule has 33 heavy (non-hydrogen) atoms. The molecule has 0 bridgehead atoms. The van der Waals surface area contributed by atoms with Gasteiger partial charge in [0.25, 0.3) is 5.69 Å². The Labute approximate surface area is 195 Å². The Hall–Kier alpha value is -2.33. The Bertz CT molecular complexity index is 1050. The van der Waals surface area contributed by atoms with Crippen molar-refractivity contribution < 1.29 is 18.1 Å². The molecule has 0 amide bonds. The fourth-order valence-electron chi connectivity index (χ4n) is 5.05. The Morgan fingerprint density at radius 1 is 1.12 bits per heavy atom. The normalized spacial score (nSPS) is 19.6. The lowest BCUT2D eigenvalue weighted by atomic mass is 9.96. The van der Waals surface area contributed by atoms with Gasteiger partial charge in [-0.3, -0.25) is 15.0 Å². The number of hydrogen-bond donors (Lipinski definition) is 0. The Kier molecular flexibility index (Phi) is 7.43. The van der Waals surface area contributed by atoms with E-state index in [0.29, 0.717) is 19.2 Å². The van der Waals surface area contributed by atoms with Crippen molar-refractivity contribution in [2.45, 2.75) is 36.6 Å². The van der Waals surface area contributed by atoms with E-state index in [2.05, 4.69) is 29.2 Å². The molecule has 0 N–H and O–H groups in total. The fraction of sp³-hybridized carbons (Fsp3) is 0.500. The zero-order valence-corrected chi connectivity index (χ0v) is 19.7. The highest BCUT2D eigenvalue weighted by Crippen LogP contribution is 2.30. The van der Waals surface area contributed by atoms with Crippen LogP contribution in [0.5, 0.6) is 0 Å². The summed E-state index contributed by atoms with van der Waals surface area (Å²) < 4.78 is 33.4. The predicted octanol–water partition coefficient (Wildman–Crippen LogP) is 3.11. The van der Waals surface area contributed by atoms with Crippen molar-refractivity contribution in [2.24, 2.45) is 5.92 Å². The molecule has 0 saturated carbocycles. The van der Waals surface area contributed by atoms with Gasteiger partial charge in [0.2, 0.25) is 10.0 Å². The molecule has 1 unspecified atom stereocenters. The monoisotopic (exact) mass is 473 g/mol. The summed E-state index contributed by atoms with van der Waals surface area (Å²) in [6.07, 6.45) is 4.14. The largest absolute Gasteiger partial charge is 0.383 e. The van der Waals surface area contributed by atoms with Crippen molar-refractivity contribution in [1.29, 1.82) is 0 Å². The molecular weight excluding hydrogens is 442 g/mol. The van der Waals surface area contributed by atoms with Gasteiger partial charge in [-0.15, -0.1) is 0 Å². The first-order valence-electron chi connectivity index (χ1n) is 11.4. The van der Waals surface area contributed by atoms with Gasteiger partial charge in [0.15, 0.2) is 0 Å². The molecular formula is C24H31N3O5S. The molecule has 2 aliphatic rings. The third kappa shape index (κ3) is 5.43. The molecule has 1 aliphatic heterocycles. The van der Waals surface area contributed by atoms with Crippen LogP contribution in [-0.4, -0.2) is 68.5 Å². The molecule has 0 aromatic heterocycles. The molecule has 1 fully saturated rings. The number of nitro groups is 1. The third-order valence-corrected chi connectivity index (χ3v) is 8.67. The number of methoxy groups -OCH3 is 1. The summed E-state index contributed by atoms with van der Waals surface area (Å²) in [5.74, 6) is 0.229. The zero-order valence-electron chi connectivity index (χ0n) is 18.9. The van der Waals surface area contributed by atoms with Crippen LogP contribution in [0.15, 0.2) is 53.4 Å². The average molecular weight is 474 g/mol. The van der Waals surface area contributed by atoms with Gasteiger partial charge >= 0.3 is 0 Å². The standard InChI is InChI=1S/C24H31N3O5S/c1-32-14-13-26(33(30,31)24-10-8-22(9-11-24)27(28)29)18-19-5-4-12-25(17-19)23-15-20-6-2-3-7-21(20)16-23/h2-3,6-11,19,23H,4-5,12-18H2,1H3. The minimum Gasteiger partial charge on any atom is -0.383 e. The lowest BCUT2D eigenvalue weighted by molar-refractivity contribution is -0.384.